The van der Waals surface area contributed by atoms with Crippen molar-refractivity contribution in [1.29, 1.82) is 0 Å². The fourth-order valence-electron chi connectivity index (χ4n) is 2.04. The van der Waals surface area contributed by atoms with Crippen LogP contribution < -0.4 is 0 Å². The van der Waals surface area contributed by atoms with Crippen LogP contribution in [0, 0.1) is 0 Å². The van der Waals surface area contributed by atoms with Gasteiger partial charge in [0.05, 0.1) is 0 Å². The normalized spacial score (nSPS) is 12.9. The molecule has 1 aromatic carbocycles. The summed E-state index contributed by atoms with van der Waals surface area (Å²) in [6.07, 6.45) is 12.6. The second-order valence-electron chi connectivity index (χ2n) is 4.35. The fourth-order valence-corrected chi connectivity index (χ4v) is 2.04. The molecule has 0 spiro atoms. The van der Waals surface area contributed by atoms with Crippen LogP contribution in [0.5, 0.6) is 0 Å². The van der Waals surface area contributed by atoms with Crippen LogP contribution in [0.25, 0.3) is 5.57 Å². The Kier molecular flexibility index (Phi) is 11.4. The van der Waals surface area contributed by atoms with Crippen LogP contribution in [0.3, 0.4) is 0 Å². The Morgan fingerprint density at radius 3 is 2.18 bits per heavy atom. The Balaban J connectivity index is 0.00000102. The van der Waals surface area contributed by atoms with E-state index < -0.39 is 0 Å². The summed E-state index contributed by atoms with van der Waals surface area (Å²) >= 11 is 0. The molecule has 0 fully saturated rings. The summed E-state index contributed by atoms with van der Waals surface area (Å²) in [7, 11) is 0. The first-order valence-corrected chi connectivity index (χ1v) is 8.26. The maximum absolute atomic E-state index is 4.17. The lowest BCUT2D eigenvalue weighted by Crippen LogP contribution is -1.90. The molecule has 0 heteroatoms. The minimum Gasteiger partial charge on any atom is -0.0984 e. The summed E-state index contributed by atoms with van der Waals surface area (Å²) in [5, 5.41) is 0. The molecule has 1 aromatic rings. The van der Waals surface area contributed by atoms with E-state index in [2.05, 4.69) is 49.6 Å². The molecule has 0 bridgehead atoms. The highest BCUT2D eigenvalue weighted by atomic mass is 14.1. The molecule has 0 atom stereocenters. The zero-order valence-electron chi connectivity index (χ0n) is 14.6. The topological polar surface area (TPSA) is 0 Å². The minimum atomic E-state index is 1.07. The summed E-state index contributed by atoms with van der Waals surface area (Å²) in [6, 6.07) is 10.3. The maximum atomic E-state index is 4.17. The van der Waals surface area contributed by atoms with Gasteiger partial charge in [0.15, 0.2) is 0 Å². The van der Waals surface area contributed by atoms with Crippen LogP contribution in [0.4, 0.5) is 0 Å². The molecule has 0 aromatic heterocycles. The minimum absolute atomic E-state index is 1.07. The highest BCUT2D eigenvalue weighted by Gasteiger charge is 2.04. The highest BCUT2D eigenvalue weighted by Crippen LogP contribution is 2.24. The Hall–Kier alpha value is -2.08. The van der Waals surface area contributed by atoms with Gasteiger partial charge in [-0.15, -0.1) is 0 Å². The van der Waals surface area contributed by atoms with E-state index in [1.807, 2.05) is 52.0 Å². The molecule has 0 unspecified atom stereocenters. The first-order valence-electron chi connectivity index (χ1n) is 8.26. The summed E-state index contributed by atoms with van der Waals surface area (Å²) in [5.41, 5.74) is 4.70. The van der Waals surface area contributed by atoms with Gasteiger partial charge in [-0.3, -0.25) is 0 Å². The summed E-state index contributed by atoms with van der Waals surface area (Å²) in [5.74, 6) is 0. The molecule has 0 nitrogen and oxygen atoms in total. The SMILES string of the molecule is C=C/C(=C\C(=C)C1=CC=CCC1)c1ccccc1.CC.CC. The number of benzene rings is 1. The molecule has 1 aliphatic carbocycles. The third-order valence-electron chi connectivity index (χ3n) is 3.08. The van der Waals surface area contributed by atoms with Gasteiger partial charge in [0.25, 0.3) is 0 Å². The van der Waals surface area contributed by atoms with E-state index in [4.69, 9.17) is 0 Å². The second-order valence-corrected chi connectivity index (χ2v) is 4.35. The Labute approximate surface area is 137 Å². The van der Waals surface area contributed by atoms with Gasteiger partial charge in [-0.05, 0) is 41.2 Å². The first-order chi connectivity index (χ1) is 10.8. The van der Waals surface area contributed by atoms with Crippen molar-refractivity contribution < 1.29 is 0 Å². The summed E-state index contributed by atoms with van der Waals surface area (Å²) < 4.78 is 0. The van der Waals surface area contributed by atoms with Crippen molar-refractivity contribution in [2.45, 2.75) is 40.5 Å². The Morgan fingerprint density at radius 2 is 1.68 bits per heavy atom. The van der Waals surface area contributed by atoms with Gasteiger partial charge in [0.2, 0.25) is 0 Å². The monoisotopic (exact) mass is 294 g/mol. The molecule has 1 aliphatic rings. The quantitative estimate of drug-likeness (QED) is 0.518. The van der Waals surface area contributed by atoms with Crippen molar-refractivity contribution in [2.75, 3.05) is 0 Å². The largest absolute Gasteiger partial charge is 0.0984 e. The van der Waals surface area contributed by atoms with Gasteiger partial charge in [0.1, 0.15) is 0 Å². The molecule has 0 aliphatic heterocycles. The van der Waals surface area contributed by atoms with Crippen molar-refractivity contribution in [3.8, 4) is 0 Å². The number of allylic oxidation sites excluding steroid dienone is 8. The Bertz CT molecular complexity index is 524. The molecule has 118 valence electrons. The molecule has 0 N–H and O–H groups in total. The van der Waals surface area contributed by atoms with Crippen LogP contribution in [-0.4, -0.2) is 0 Å². The summed E-state index contributed by atoms with van der Waals surface area (Å²) in [6.45, 7) is 16.1. The third-order valence-corrected chi connectivity index (χ3v) is 3.08. The van der Waals surface area contributed by atoms with Crippen molar-refractivity contribution in [1.82, 2.24) is 0 Å². The number of hydrogen-bond donors (Lipinski definition) is 0. The summed E-state index contributed by atoms with van der Waals surface area (Å²) in [4.78, 5) is 0. The van der Waals surface area contributed by atoms with Gasteiger partial charge in [-0.2, -0.15) is 0 Å². The third kappa shape index (κ3) is 6.58. The average Bonchev–Trinajstić information content (AvgIpc) is 2.64. The van der Waals surface area contributed by atoms with E-state index in [0.717, 1.165) is 24.0 Å². The molecule has 0 saturated carbocycles. The van der Waals surface area contributed by atoms with Crippen LogP contribution in [0.1, 0.15) is 46.1 Å². The van der Waals surface area contributed by atoms with Crippen LogP contribution in [0.15, 0.2) is 85.0 Å². The van der Waals surface area contributed by atoms with Crippen molar-refractivity contribution >= 4 is 5.57 Å². The molecular formula is C22H30. The van der Waals surface area contributed by atoms with E-state index in [1.54, 1.807) is 0 Å². The van der Waals surface area contributed by atoms with Crippen molar-refractivity contribution in [2.24, 2.45) is 0 Å². The average molecular weight is 294 g/mol. The highest BCUT2D eigenvalue weighted by molar-refractivity contribution is 5.76. The fraction of sp³-hybridized carbons (Fsp3) is 0.273. The lowest BCUT2D eigenvalue weighted by atomic mass is 9.95. The molecule has 0 amide bonds. The first kappa shape index (κ1) is 19.9. The molecule has 2 rings (SSSR count). The zero-order valence-corrected chi connectivity index (χ0v) is 14.6. The van der Waals surface area contributed by atoms with E-state index in [9.17, 15) is 0 Å². The van der Waals surface area contributed by atoms with Gasteiger partial charge in [-0.1, -0.05) is 95.5 Å². The number of hydrogen-bond acceptors (Lipinski definition) is 0. The molecule has 0 radical (unpaired) electrons. The number of rotatable bonds is 4. The zero-order chi connectivity index (χ0) is 16.8. The maximum Gasteiger partial charge on any atom is -0.0184 e. The smallest absolute Gasteiger partial charge is 0.0184 e. The van der Waals surface area contributed by atoms with E-state index in [0.29, 0.717) is 0 Å². The van der Waals surface area contributed by atoms with Crippen LogP contribution in [0.2, 0.25) is 0 Å². The van der Waals surface area contributed by atoms with Crippen molar-refractivity contribution in [3.05, 3.63) is 90.6 Å². The standard InChI is InChI=1S/C18H18.2C2H6/c1-3-16(18-12-8-5-9-13-18)14-15(2)17-10-6-4-7-11-17;2*1-2/h3-6,8-10,12-14H,1-2,7,11H2;2*1-2H3/b16-14+;;. The lowest BCUT2D eigenvalue weighted by molar-refractivity contribution is 0.979. The van der Waals surface area contributed by atoms with Crippen molar-refractivity contribution in [3.63, 3.8) is 0 Å². The Morgan fingerprint density at radius 1 is 1.05 bits per heavy atom. The predicted octanol–water partition coefficient (Wildman–Crippen LogP) is 7.14. The van der Waals surface area contributed by atoms with Crippen LogP contribution >= 0.6 is 0 Å². The molecular weight excluding hydrogens is 264 g/mol. The van der Waals surface area contributed by atoms with E-state index in [1.165, 1.54) is 11.1 Å². The second kappa shape index (κ2) is 12.6. The molecule has 0 heterocycles. The molecule has 22 heavy (non-hydrogen) atoms. The van der Waals surface area contributed by atoms with Crippen LogP contribution in [-0.2, 0) is 0 Å². The predicted molar refractivity (Wildman–Crippen MR) is 103 cm³/mol. The van der Waals surface area contributed by atoms with Gasteiger partial charge >= 0.3 is 0 Å². The van der Waals surface area contributed by atoms with Gasteiger partial charge in [-0.25, -0.2) is 0 Å². The van der Waals surface area contributed by atoms with Gasteiger partial charge in [0, 0.05) is 0 Å². The van der Waals surface area contributed by atoms with Gasteiger partial charge < -0.3 is 0 Å². The van der Waals surface area contributed by atoms with E-state index >= 15 is 0 Å². The molecule has 0 saturated heterocycles. The lowest BCUT2D eigenvalue weighted by Gasteiger charge is -2.10. The van der Waals surface area contributed by atoms with E-state index in [-0.39, 0.29) is 0 Å².